The molecule has 0 spiro atoms. The molecule has 0 radical (unpaired) electrons. The van der Waals surface area contributed by atoms with Crippen molar-refractivity contribution in [3.63, 3.8) is 0 Å². The number of nitrogens with one attached hydrogen (secondary N) is 1. The number of hydrogen-bond donors (Lipinski definition) is 1. The highest BCUT2D eigenvalue weighted by Gasteiger charge is 2.37. The van der Waals surface area contributed by atoms with Crippen LogP contribution in [0.4, 0.5) is 0 Å². The summed E-state index contributed by atoms with van der Waals surface area (Å²) in [6.07, 6.45) is 9.70. The standard InChI is InChI=1S/C28H52N2O7/c1-4-7-9-10-11-18-37-25(23-36-20-19-34-16-8-5-2)22-35-17-12-14-29-26(31)13-15-30-27(32)21-24(6-3)28(30)33/h24-25H,4-23H2,1-3H3,(H,29,31). The van der Waals surface area contributed by atoms with Crippen molar-refractivity contribution in [3.05, 3.63) is 0 Å². The number of carbonyl (C=O) groups excluding carboxylic acids is 3. The van der Waals surface area contributed by atoms with Gasteiger partial charge in [-0.1, -0.05) is 52.9 Å². The highest BCUT2D eigenvalue weighted by Crippen LogP contribution is 2.22. The van der Waals surface area contributed by atoms with Crippen molar-refractivity contribution in [1.29, 1.82) is 0 Å². The molecule has 1 N–H and O–H groups in total. The second-order valence-corrected chi connectivity index (χ2v) is 9.67. The third-order valence-electron chi connectivity index (χ3n) is 6.40. The van der Waals surface area contributed by atoms with E-state index in [1.807, 2.05) is 6.92 Å². The van der Waals surface area contributed by atoms with Crippen LogP contribution in [0.5, 0.6) is 0 Å². The predicted octanol–water partition coefficient (Wildman–Crippen LogP) is 3.87. The molecular weight excluding hydrogens is 476 g/mol. The molecule has 9 heteroatoms. The van der Waals surface area contributed by atoms with E-state index in [9.17, 15) is 14.4 Å². The van der Waals surface area contributed by atoms with Gasteiger partial charge in [-0.05, 0) is 25.7 Å². The lowest BCUT2D eigenvalue weighted by molar-refractivity contribution is -0.139. The van der Waals surface area contributed by atoms with Crippen molar-refractivity contribution in [3.8, 4) is 0 Å². The molecule has 216 valence electrons. The average molecular weight is 529 g/mol. The van der Waals surface area contributed by atoms with E-state index >= 15 is 0 Å². The Morgan fingerprint density at radius 2 is 1.54 bits per heavy atom. The number of unbranched alkanes of at least 4 members (excludes halogenated alkanes) is 5. The van der Waals surface area contributed by atoms with Gasteiger partial charge in [0.15, 0.2) is 0 Å². The number of nitrogens with zero attached hydrogens (tertiary/aromatic N) is 1. The Morgan fingerprint density at radius 1 is 0.865 bits per heavy atom. The Kier molecular flexibility index (Phi) is 20.3. The van der Waals surface area contributed by atoms with Gasteiger partial charge in [-0.15, -0.1) is 0 Å². The fourth-order valence-corrected chi connectivity index (χ4v) is 4.01. The molecule has 3 amide bonds. The van der Waals surface area contributed by atoms with Crippen LogP contribution < -0.4 is 5.32 Å². The third kappa shape index (κ3) is 16.1. The first-order valence-electron chi connectivity index (χ1n) is 14.5. The van der Waals surface area contributed by atoms with Gasteiger partial charge >= 0.3 is 0 Å². The molecule has 2 unspecified atom stereocenters. The highest BCUT2D eigenvalue weighted by molar-refractivity contribution is 6.03. The van der Waals surface area contributed by atoms with Crippen LogP contribution in [0.15, 0.2) is 0 Å². The largest absolute Gasteiger partial charge is 0.379 e. The predicted molar refractivity (Wildman–Crippen MR) is 143 cm³/mol. The van der Waals surface area contributed by atoms with Gasteiger partial charge in [-0.3, -0.25) is 19.3 Å². The molecule has 1 fully saturated rings. The zero-order valence-corrected chi connectivity index (χ0v) is 23.6. The number of hydrogen-bond acceptors (Lipinski definition) is 7. The monoisotopic (exact) mass is 528 g/mol. The zero-order chi connectivity index (χ0) is 27.1. The molecule has 0 aromatic carbocycles. The molecule has 1 heterocycles. The molecule has 9 nitrogen and oxygen atoms in total. The SMILES string of the molecule is CCCCCCCOC(COCCCNC(=O)CCN1C(=O)CC(CC)C1=O)COCCOCCCC. The van der Waals surface area contributed by atoms with Gasteiger partial charge in [0.2, 0.25) is 17.7 Å². The first kappa shape index (κ1) is 33.5. The molecule has 1 aliphatic rings. The summed E-state index contributed by atoms with van der Waals surface area (Å²) >= 11 is 0. The molecule has 0 aromatic rings. The Morgan fingerprint density at radius 3 is 2.24 bits per heavy atom. The topological polar surface area (TPSA) is 103 Å². The van der Waals surface area contributed by atoms with Crippen molar-refractivity contribution in [2.75, 3.05) is 59.3 Å². The Bertz CT molecular complexity index is 617. The van der Waals surface area contributed by atoms with Gasteiger partial charge in [0.25, 0.3) is 0 Å². The van der Waals surface area contributed by atoms with Gasteiger partial charge in [0, 0.05) is 51.7 Å². The summed E-state index contributed by atoms with van der Waals surface area (Å²) in [5.41, 5.74) is 0. The summed E-state index contributed by atoms with van der Waals surface area (Å²) in [5.74, 6) is -0.728. The number of carbonyl (C=O) groups is 3. The van der Waals surface area contributed by atoms with Crippen LogP contribution in [-0.2, 0) is 33.3 Å². The summed E-state index contributed by atoms with van der Waals surface area (Å²) in [7, 11) is 0. The summed E-state index contributed by atoms with van der Waals surface area (Å²) in [6.45, 7) is 10.9. The van der Waals surface area contributed by atoms with Crippen LogP contribution in [0.2, 0.25) is 0 Å². The number of ether oxygens (including phenoxy) is 4. The van der Waals surface area contributed by atoms with E-state index in [4.69, 9.17) is 18.9 Å². The lowest BCUT2D eigenvalue weighted by Crippen LogP contribution is -2.35. The minimum Gasteiger partial charge on any atom is -0.379 e. The molecule has 2 atom stereocenters. The minimum atomic E-state index is -0.230. The van der Waals surface area contributed by atoms with Crippen molar-refractivity contribution < 1.29 is 33.3 Å². The van der Waals surface area contributed by atoms with E-state index in [0.717, 1.165) is 25.9 Å². The van der Waals surface area contributed by atoms with Crippen molar-refractivity contribution in [1.82, 2.24) is 10.2 Å². The van der Waals surface area contributed by atoms with Crippen LogP contribution in [-0.4, -0.2) is 88.1 Å². The summed E-state index contributed by atoms with van der Waals surface area (Å²) < 4.78 is 23.1. The normalized spacial score (nSPS) is 16.5. The number of likely N-dealkylation sites (tertiary alicyclic amines) is 1. The van der Waals surface area contributed by atoms with Gasteiger partial charge in [-0.25, -0.2) is 0 Å². The number of imide groups is 1. The van der Waals surface area contributed by atoms with Gasteiger partial charge < -0.3 is 24.3 Å². The molecule has 1 aliphatic heterocycles. The van der Waals surface area contributed by atoms with Crippen LogP contribution >= 0.6 is 0 Å². The maximum absolute atomic E-state index is 12.1. The van der Waals surface area contributed by atoms with Crippen LogP contribution in [0, 0.1) is 5.92 Å². The summed E-state index contributed by atoms with van der Waals surface area (Å²) in [5, 5.41) is 2.83. The maximum Gasteiger partial charge on any atom is 0.232 e. The van der Waals surface area contributed by atoms with Crippen LogP contribution in [0.3, 0.4) is 0 Å². The van der Waals surface area contributed by atoms with Crippen LogP contribution in [0.25, 0.3) is 0 Å². The maximum atomic E-state index is 12.1. The smallest absolute Gasteiger partial charge is 0.232 e. The molecule has 0 aliphatic carbocycles. The van der Waals surface area contributed by atoms with E-state index in [2.05, 4.69) is 19.2 Å². The molecule has 0 saturated carbocycles. The molecule has 37 heavy (non-hydrogen) atoms. The van der Waals surface area contributed by atoms with Crippen molar-refractivity contribution >= 4 is 17.7 Å². The summed E-state index contributed by atoms with van der Waals surface area (Å²) in [4.78, 5) is 37.4. The van der Waals surface area contributed by atoms with E-state index in [1.165, 1.54) is 30.6 Å². The first-order valence-corrected chi connectivity index (χ1v) is 14.5. The van der Waals surface area contributed by atoms with Crippen molar-refractivity contribution in [2.45, 2.75) is 97.5 Å². The lowest BCUT2D eigenvalue weighted by Gasteiger charge is -2.18. The van der Waals surface area contributed by atoms with Gasteiger partial charge in [0.1, 0.15) is 6.10 Å². The number of rotatable bonds is 25. The highest BCUT2D eigenvalue weighted by atomic mass is 16.6. The Labute approximate surface area is 224 Å². The Hall–Kier alpha value is -1.55. The van der Waals surface area contributed by atoms with Crippen molar-refractivity contribution in [2.24, 2.45) is 5.92 Å². The molecule has 0 aromatic heterocycles. The summed E-state index contributed by atoms with van der Waals surface area (Å²) in [6, 6.07) is 0. The zero-order valence-electron chi connectivity index (χ0n) is 23.6. The lowest BCUT2D eigenvalue weighted by atomic mass is 10.1. The fraction of sp³-hybridized carbons (Fsp3) is 0.893. The van der Waals surface area contributed by atoms with Gasteiger partial charge in [-0.2, -0.15) is 0 Å². The molecule has 0 bridgehead atoms. The quantitative estimate of drug-likeness (QED) is 0.142. The fourth-order valence-electron chi connectivity index (χ4n) is 4.01. The van der Waals surface area contributed by atoms with Gasteiger partial charge in [0.05, 0.1) is 26.4 Å². The van der Waals surface area contributed by atoms with E-state index < -0.39 is 0 Å². The first-order chi connectivity index (χ1) is 18.0. The third-order valence-corrected chi connectivity index (χ3v) is 6.40. The van der Waals surface area contributed by atoms with E-state index in [0.29, 0.717) is 59.0 Å². The molecule has 1 rings (SSSR count). The Balaban J connectivity index is 2.17. The second kappa shape index (κ2) is 22.4. The molecular formula is C28H52N2O7. The van der Waals surface area contributed by atoms with Crippen LogP contribution in [0.1, 0.15) is 91.4 Å². The average Bonchev–Trinajstić information content (AvgIpc) is 3.17. The second-order valence-electron chi connectivity index (χ2n) is 9.67. The minimum absolute atomic E-state index is 0.126. The number of amides is 3. The van der Waals surface area contributed by atoms with E-state index in [-0.39, 0.29) is 49.1 Å². The van der Waals surface area contributed by atoms with E-state index in [1.54, 1.807) is 0 Å². The molecule has 1 saturated heterocycles.